The van der Waals surface area contributed by atoms with E-state index >= 15 is 0 Å². The smallest absolute Gasteiger partial charge is 0.327 e. The number of benzene rings is 3. The molecule has 0 spiro atoms. The highest BCUT2D eigenvalue weighted by atomic mass is 16.5. The summed E-state index contributed by atoms with van der Waals surface area (Å²) in [6, 6.07) is 23.8. The molecule has 4 nitrogen and oxygen atoms in total. The van der Waals surface area contributed by atoms with E-state index in [1.807, 2.05) is 87.7 Å². The minimum atomic E-state index is -0.181. The molecule has 0 aromatic heterocycles. The van der Waals surface area contributed by atoms with E-state index in [4.69, 9.17) is 20.0 Å². The third-order valence-electron chi connectivity index (χ3n) is 9.53. The van der Waals surface area contributed by atoms with Crippen LogP contribution in [0.4, 0.5) is 0 Å². The second-order valence-electron chi connectivity index (χ2n) is 13.7. The number of nitrogens with one attached hydrogen (secondary N) is 1. The van der Waals surface area contributed by atoms with Crippen LogP contribution in [0.1, 0.15) is 72.4 Å². The standard InChI is InChI=1S/C44H52BN3O/c1-9-12-14-15-16-17-18-28-47-42(48-41(46)34(11-3)21-13-10-2)38-25-20-23-36(30-38)35-22-19-24-37(29-35)40-31-39(27-26-33(40)4)45-32-43(5,6)44(7,8)49-45/h9-10,12-17,19-31,46H,11,18,32H2,1-8H3/b12-9+,13-10-,15-14-,17-16-,34-21+,46-41?,47-28?,48-42?. The fourth-order valence-electron chi connectivity index (χ4n) is 5.83. The van der Waals surface area contributed by atoms with Gasteiger partial charge in [0.15, 0.2) is 5.84 Å². The lowest BCUT2D eigenvalue weighted by Gasteiger charge is -2.34. The SMILES string of the molecule is C/C=C\C=C(/CC)C(=N)N=C(N=CC\C=C/C=C\C=C\C)c1cccc(-c2cccc(-c3cc(B4CC(C)(C)C(C)(C)O4)ccc3C)c2)c1. The second-order valence-corrected chi connectivity index (χ2v) is 13.7. The molecule has 1 heterocycles. The quantitative estimate of drug-likeness (QED) is 0.0956. The number of allylic oxidation sites excluding steroid dienone is 9. The number of aryl methyl sites for hydroxylation is 1. The van der Waals surface area contributed by atoms with Crippen molar-refractivity contribution in [1.82, 2.24) is 0 Å². The molecule has 1 N–H and O–H groups in total. The monoisotopic (exact) mass is 649 g/mol. The van der Waals surface area contributed by atoms with Crippen LogP contribution in [0.5, 0.6) is 0 Å². The Hall–Kier alpha value is -4.61. The summed E-state index contributed by atoms with van der Waals surface area (Å²) in [6.07, 6.45) is 22.1. The molecule has 1 aliphatic heterocycles. The molecule has 4 rings (SSSR count). The molecule has 5 heteroatoms. The first-order valence-electron chi connectivity index (χ1n) is 17.5. The van der Waals surface area contributed by atoms with E-state index in [1.54, 1.807) is 0 Å². The minimum absolute atomic E-state index is 0.0763. The molecule has 1 aliphatic rings. The summed E-state index contributed by atoms with van der Waals surface area (Å²) in [7, 11) is 0. The molecule has 0 atom stereocenters. The Morgan fingerprint density at radius 2 is 1.55 bits per heavy atom. The first-order chi connectivity index (χ1) is 23.5. The maximum atomic E-state index is 8.80. The van der Waals surface area contributed by atoms with Crippen LogP contribution in [0.15, 0.2) is 137 Å². The number of nitrogens with zero attached hydrogens (tertiary/aromatic N) is 2. The summed E-state index contributed by atoms with van der Waals surface area (Å²) in [5, 5.41) is 8.80. The highest BCUT2D eigenvalue weighted by Crippen LogP contribution is 2.45. The van der Waals surface area contributed by atoms with E-state index in [0.717, 1.165) is 28.6 Å². The van der Waals surface area contributed by atoms with Crippen molar-refractivity contribution >= 4 is 30.3 Å². The average molecular weight is 650 g/mol. The van der Waals surface area contributed by atoms with Crippen LogP contribution < -0.4 is 5.46 Å². The number of aliphatic imine (C=N–C) groups is 2. The molecule has 3 aromatic rings. The maximum absolute atomic E-state index is 8.80. The molecule has 0 unspecified atom stereocenters. The first kappa shape index (κ1) is 37.2. The van der Waals surface area contributed by atoms with Gasteiger partial charge in [0.05, 0.1) is 5.60 Å². The topological polar surface area (TPSA) is 57.8 Å². The second kappa shape index (κ2) is 17.2. The Morgan fingerprint density at radius 1 is 0.857 bits per heavy atom. The molecule has 0 aliphatic carbocycles. The third-order valence-corrected chi connectivity index (χ3v) is 9.53. The molecule has 0 saturated carbocycles. The highest BCUT2D eigenvalue weighted by molar-refractivity contribution is 6.68. The minimum Gasteiger partial charge on any atom is -0.426 e. The zero-order chi connectivity index (χ0) is 35.4. The van der Waals surface area contributed by atoms with Gasteiger partial charge in [-0.05, 0) is 104 Å². The van der Waals surface area contributed by atoms with Gasteiger partial charge in [-0.25, -0.2) is 9.98 Å². The largest absolute Gasteiger partial charge is 0.426 e. The van der Waals surface area contributed by atoms with Crippen LogP contribution in [-0.4, -0.2) is 30.4 Å². The number of rotatable bonds is 11. The molecule has 1 fully saturated rings. The highest BCUT2D eigenvalue weighted by Gasteiger charge is 2.49. The third kappa shape index (κ3) is 9.74. The Kier molecular flexibility index (Phi) is 13.0. The molecule has 0 bridgehead atoms. The van der Waals surface area contributed by atoms with E-state index in [-0.39, 0.29) is 23.8 Å². The Bertz CT molecular complexity index is 1820. The fraction of sp³-hybridized carbons (Fsp3) is 0.295. The van der Waals surface area contributed by atoms with Gasteiger partial charge in [-0.15, -0.1) is 0 Å². The van der Waals surface area contributed by atoms with Gasteiger partial charge in [-0.2, -0.15) is 0 Å². The van der Waals surface area contributed by atoms with Crippen LogP contribution in [0.25, 0.3) is 22.3 Å². The van der Waals surface area contributed by atoms with E-state index in [0.29, 0.717) is 18.7 Å². The lowest BCUT2D eigenvalue weighted by molar-refractivity contribution is 0.0375. The van der Waals surface area contributed by atoms with Gasteiger partial charge < -0.3 is 4.65 Å². The molecular weight excluding hydrogens is 597 g/mol. The number of amidine groups is 2. The average Bonchev–Trinajstić information content (AvgIpc) is 3.31. The number of hydrogen-bond donors (Lipinski definition) is 1. The molecule has 0 radical (unpaired) electrons. The van der Waals surface area contributed by atoms with Crippen LogP contribution in [0, 0.1) is 17.7 Å². The van der Waals surface area contributed by atoms with Gasteiger partial charge in [-0.3, -0.25) is 5.41 Å². The molecule has 0 amide bonds. The van der Waals surface area contributed by atoms with Crippen molar-refractivity contribution < 1.29 is 4.65 Å². The zero-order valence-corrected chi connectivity index (χ0v) is 30.6. The first-order valence-corrected chi connectivity index (χ1v) is 17.5. The van der Waals surface area contributed by atoms with Gasteiger partial charge in [-0.1, -0.05) is 130 Å². The molecule has 252 valence electrons. The van der Waals surface area contributed by atoms with Crippen molar-refractivity contribution in [3.8, 4) is 22.3 Å². The van der Waals surface area contributed by atoms with Crippen molar-refractivity contribution in [2.24, 2.45) is 15.4 Å². The Labute approximate surface area is 295 Å². The lowest BCUT2D eigenvalue weighted by atomic mass is 9.54. The number of hydrogen-bond acceptors (Lipinski definition) is 2. The Morgan fingerprint density at radius 3 is 2.24 bits per heavy atom. The Balaban J connectivity index is 1.68. The summed E-state index contributed by atoms with van der Waals surface area (Å²) in [5.74, 6) is 0.741. The van der Waals surface area contributed by atoms with Gasteiger partial charge in [0, 0.05) is 18.2 Å². The van der Waals surface area contributed by atoms with E-state index in [1.165, 1.54) is 22.2 Å². The van der Waals surface area contributed by atoms with Crippen molar-refractivity contribution in [1.29, 1.82) is 5.41 Å². The summed E-state index contributed by atoms with van der Waals surface area (Å²) in [6.45, 7) is 17.3. The maximum Gasteiger partial charge on any atom is 0.327 e. The predicted molar refractivity (Wildman–Crippen MR) is 215 cm³/mol. The zero-order valence-electron chi connectivity index (χ0n) is 30.6. The van der Waals surface area contributed by atoms with E-state index in [2.05, 4.69) is 95.3 Å². The van der Waals surface area contributed by atoms with Gasteiger partial charge in [0.25, 0.3) is 0 Å². The molecular formula is C44H52BN3O. The van der Waals surface area contributed by atoms with Crippen LogP contribution in [0.3, 0.4) is 0 Å². The van der Waals surface area contributed by atoms with Gasteiger partial charge >= 0.3 is 6.92 Å². The summed E-state index contributed by atoms with van der Waals surface area (Å²) >= 11 is 0. The van der Waals surface area contributed by atoms with Crippen LogP contribution in [0.2, 0.25) is 6.32 Å². The van der Waals surface area contributed by atoms with Crippen LogP contribution in [-0.2, 0) is 4.65 Å². The van der Waals surface area contributed by atoms with Gasteiger partial charge in [0.2, 0.25) is 0 Å². The van der Waals surface area contributed by atoms with Crippen molar-refractivity contribution in [2.45, 2.75) is 80.2 Å². The van der Waals surface area contributed by atoms with Gasteiger partial charge in [0.1, 0.15) is 5.84 Å². The normalized spacial score (nSPS) is 16.8. The summed E-state index contributed by atoms with van der Waals surface area (Å²) in [5.41, 5.74) is 8.67. The molecule has 49 heavy (non-hydrogen) atoms. The molecule has 3 aromatic carbocycles. The van der Waals surface area contributed by atoms with Crippen molar-refractivity contribution in [3.63, 3.8) is 0 Å². The molecule has 1 saturated heterocycles. The van der Waals surface area contributed by atoms with Crippen LogP contribution >= 0.6 is 0 Å². The lowest BCUT2D eigenvalue weighted by Crippen LogP contribution is -2.36. The van der Waals surface area contributed by atoms with Crippen molar-refractivity contribution in [2.75, 3.05) is 0 Å². The van der Waals surface area contributed by atoms with E-state index in [9.17, 15) is 0 Å². The van der Waals surface area contributed by atoms with E-state index < -0.39 is 0 Å². The summed E-state index contributed by atoms with van der Waals surface area (Å²) < 4.78 is 6.59. The summed E-state index contributed by atoms with van der Waals surface area (Å²) in [4.78, 5) is 9.53. The van der Waals surface area contributed by atoms with Crippen molar-refractivity contribution in [3.05, 3.63) is 138 Å². The predicted octanol–water partition coefficient (Wildman–Crippen LogP) is 11.1. The fourth-order valence-corrected chi connectivity index (χ4v) is 5.83.